The van der Waals surface area contributed by atoms with Crippen LogP contribution in [-0.4, -0.2) is 17.9 Å². The first kappa shape index (κ1) is 20.5. The van der Waals surface area contributed by atoms with E-state index in [0.717, 1.165) is 55.5 Å². The zero-order valence-electron chi connectivity index (χ0n) is 16.5. The highest BCUT2D eigenvalue weighted by Gasteiger charge is 2.40. The van der Waals surface area contributed by atoms with E-state index in [2.05, 4.69) is 5.32 Å². The molecule has 0 spiro atoms. The Morgan fingerprint density at radius 3 is 2.59 bits per heavy atom. The third-order valence-corrected chi connectivity index (χ3v) is 6.66. The van der Waals surface area contributed by atoms with Crippen LogP contribution in [0, 0.1) is 0 Å². The molecule has 1 fully saturated rings. The van der Waals surface area contributed by atoms with Gasteiger partial charge in [-0.05, 0) is 63.1 Å². The van der Waals surface area contributed by atoms with Gasteiger partial charge >= 0.3 is 5.97 Å². The summed E-state index contributed by atoms with van der Waals surface area (Å²) in [5, 5.41) is 4.28. The molecule has 0 aromatic heterocycles. The third-order valence-electron chi connectivity index (χ3n) is 6.10. The summed E-state index contributed by atoms with van der Waals surface area (Å²) >= 11 is 12.6. The molecule has 1 heterocycles. The number of benzene rings is 1. The van der Waals surface area contributed by atoms with Crippen LogP contribution >= 0.6 is 23.2 Å². The normalized spacial score (nSPS) is 23.0. The summed E-state index contributed by atoms with van der Waals surface area (Å²) in [7, 11) is 0. The lowest BCUT2D eigenvalue weighted by Gasteiger charge is -2.35. The number of allylic oxidation sites excluding steroid dienone is 3. The molecule has 1 aromatic rings. The van der Waals surface area contributed by atoms with Gasteiger partial charge in [-0.2, -0.15) is 0 Å². The van der Waals surface area contributed by atoms with Crippen LogP contribution in [0.25, 0.3) is 0 Å². The smallest absolute Gasteiger partial charge is 0.337 e. The number of ether oxygens (including phenoxy) is 1. The topological polar surface area (TPSA) is 55.4 Å². The molecule has 0 radical (unpaired) electrons. The van der Waals surface area contributed by atoms with Gasteiger partial charge in [0.05, 0.1) is 5.57 Å². The Bertz CT molecular complexity index is 913. The highest BCUT2D eigenvalue weighted by molar-refractivity contribution is 6.35. The number of Topliss-reactive ketones (excluding diaryl/α,β-unsaturated/α-hetero) is 1. The third kappa shape index (κ3) is 4.10. The molecule has 4 rings (SSSR count). The highest BCUT2D eigenvalue weighted by atomic mass is 35.5. The number of carbonyl (C=O) groups is 2. The lowest BCUT2D eigenvalue weighted by molar-refractivity contribution is -0.146. The van der Waals surface area contributed by atoms with Crippen LogP contribution in [0.4, 0.5) is 0 Å². The summed E-state index contributed by atoms with van der Waals surface area (Å²) < 4.78 is 5.89. The summed E-state index contributed by atoms with van der Waals surface area (Å²) in [6.45, 7) is 1.87. The van der Waals surface area contributed by atoms with Gasteiger partial charge in [-0.3, -0.25) is 4.79 Å². The number of rotatable bonds is 3. The molecule has 3 aliphatic rings. The first-order valence-electron chi connectivity index (χ1n) is 10.4. The number of ketones is 1. The van der Waals surface area contributed by atoms with Gasteiger partial charge in [0.25, 0.3) is 0 Å². The van der Waals surface area contributed by atoms with Gasteiger partial charge in [0.1, 0.15) is 6.10 Å². The van der Waals surface area contributed by atoms with Gasteiger partial charge in [-0.15, -0.1) is 0 Å². The Labute approximate surface area is 181 Å². The van der Waals surface area contributed by atoms with Gasteiger partial charge < -0.3 is 10.1 Å². The zero-order valence-corrected chi connectivity index (χ0v) is 18.0. The van der Waals surface area contributed by atoms with Crippen LogP contribution in [0.15, 0.2) is 40.7 Å². The van der Waals surface area contributed by atoms with Crippen LogP contribution < -0.4 is 5.32 Å². The van der Waals surface area contributed by atoms with Gasteiger partial charge in [0.15, 0.2) is 5.78 Å². The minimum Gasteiger partial charge on any atom is -0.459 e. The van der Waals surface area contributed by atoms with Crippen LogP contribution in [0.2, 0.25) is 10.0 Å². The summed E-state index contributed by atoms with van der Waals surface area (Å²) in [6.07, 6.45) is 7.14. The van der Waals surface area contributed by atoms with Crippen molar-refractivity contribution in [2.75, 3.05) is 0 Å². The number of esters is 1. The van der Waals surface area contributed by atoms with E-state index in [1.165, 1.54) is 6.42 Å². The van der Waals surface area contributed by atoms with Crippen molar-refractivity contribution in [2.24, 2.45) is 0 Å². The Morgan fingerprint density at radius 2 is 1.86 bits per heavy atom. The standard InChI is InChI=1S/C23H25Cl2NO3/c1-13-20(23(28)29-15-6-3-2-4-7-15)21(16-11-10-14(24)12-17(16)25)22-18(26-13)8-5-9-19(22)27/h10-12,15,21,26H,2-9H2,1H3/t21-/m0/s1. The molecule has 0 amide bonds. The van der Waals surface area contributed by atoms with E-state index in [0.29, 0.717) is 27.6 Å². The molecule has 2 aliphatic carbocycles. The van der Waals surface area contributed by atoms with Crippen LogP contribution in [0.1, 0.15) is 69.8 Å². The zero-order chi connectivity index (χ0) is 20.5. The van der Waals surface area contributed by atoms with E-state index in [9.17, 15) is 9.59 Å². The Hall–Kier alpha value is -1.78. The summed E-state index contributed by atoms with van der Waals surface area (Å²) in [6, 6.07) is 5.22. The van der Waals surface area contributed by atoms with Crippen molar-refractivity contribution < 1.29 is 14.3 Å². The van der Waals surface area contributed by atoms with E-state index in [1.807, 2.05) is 13.0 Å². The Balaban J connectivity index is 1.76. The van der Waals surface area contributed by atoms with Gasteiger partial charge in [-0.25, -0.2) is 4.79 Å². The molecule has 0 unspecified atom stereocenters. The van der Waals surface area contributed by atoms with Crippen LogP contribution in [0.5, 0.6) is 0 Å². The maximum Gasteiger partial charge on any atom is 0.337 e. The van der Waals surface area contributed by atoms with Crippen molar-refractivity contribution >= 4 is 35.0 Å². The minimum atomic E-state index is -0.528. The second-order valence-corrected chi connectivity index (χ2v) is 8.94. The van der Waals surface area contributed by atoms with Gasteiger partial charge in [0, 0.05) is 39.4 Å². The molecule has 1 aliphatic heterocycles. The highest BCUT2D eigenvalue weighted by Crippen LogP contribution is 2.45. The molecule has 4 nitrogen and oxygen atoms in total. The number of dihydropyridines is 1. The first-order chi connectivity index (χ1) is 14.0. The Morgan fingerprint density at radius 1 is 1.10 bits per heavy atom. The molecule has 1 aromatic carbocycles. The fraction of sp³-hybridized carbons (Fsp3) is 0.478. The summed E-state index contributed by atoms with van der Waals surface area (Å²) in [5.74, 6) is -0.826. The molecule has 29 heavy (non-hydrogen) atoms. The first-order valence-corrected chi connectivity index (χ1v) is 11.1. The molecular formula is C23H25Cl2NO3. The Kier molecular flexibility index (Phi) is 6.03. The number of hydrogen-bond acceptors (Lipinski definition) is 4. The largest absolute Gasteiger partial charge is 0.459 e. The predicted molar refractivity (Wildman–Crippen MR) is 114 cm³/mol. The SMILES string of the molecule is CC1=C(C(=O)OC2CCCCC2)[C@H](c2ccc(Cl)cc2Cl)C2=C(CCCC2=O)N1. The molecule has 0 saturated heterocycles. The molecule has 1 saturated carbocycles. The summed E-state index contributed by atoms with van der Waals surface area (Å²) in [5.41, 5.74) is 3.46. The molecule has 0 bridgehead atoms. The lowest BCUT2D eigenvalue weighted by Crippen LogP contribution is -2.35. The van der Waals surface area contributed by atoms with Crippen molar-refractivity contribution in [1.29, 1.82) is 0 Å². The van der Waals surface area contributed by atoms with Gasteiger partial charge in [0.2, 0.25) is 0 Å². The van der Waals surface area contributed by atoms with Crippen molar-refractivity contribution in [1.82, 2.24) is 5.32 Å². The quantitative estimate of drug-likeness (QED) is 0.608. The fourth-order valence-electron chi connectivity index (χ4n) is 4.70. The number of halogens is 2. The number of carbonyl (C=O) groups excluding carboxylic acids is 2. The van der Waals surface area contributed by atoms with Crippen molar-refractivity contribution in [3.8, 4) is 0 Å². The molecule has 154 valence electrons. The molecular weight excluding hydrogens is 409 g/mol. The van der Waals surface area contributed by atoms with Crippen molar-refractivity contribution in [3.05, 3.63) is 56.3 Å². The lowest BCUT2D eigenvalue weighted by atomic mass is 9.75. The predicted octanol–water partition coefficient (Wildman–Crippen LogP) is 5.84. The van der Waals surface area contributed by atoms with Crippen LogP contribution in [-0.2, 0) is 14.3 Å². The van der Waals surface area contributed by atoms with E-state index < -0.39 is 5.92 Å². The maximum atomic E-state index is 13.3. The average molecular weight is 434 g/mol. The van der Waals surface area contributed by atoms with E-state index in [1.54, 1.807) is 12.1 Å². The van der Waals surface area contributed by atoms with E-state index in [-0.39, 0.29) is 17.9 Å². The minimum absolute atomic E-state index is 0.0599. The van der Waals surface area contributed by atoms with Crippen LogP contribution in [0.3, 0.4) is 0 Å². The molecule has 1 atom stereocenters. The maximum absolute atomic E-state index is 13.3. The van der Waals surface area contributed by atoms with Crippen molar-refractivity contribution in [3.63, 3.8) is 0 Å². The molecule has 6 heteroatoms. The van der Waals surface area contributed by atoms with Gasteiger partial charge in [-0.1, -0.05) is 35.7 Å². The van der Waals surface area contributed by atoms with E-state index >= 15 is 0 Å². The average Bonchev–Trinajstić information content (AvgIpc) is 2.68. The number of nitrogens with one attached hydrogen (secondary N) is 1. The summed E-state index contributed by atoms with van der Waals surface area (Å²) in [4.78, 5) is 26.2. The molecule has 1 N–H and O–H groups in total. The second kappa shape index (κ2) is 8.53. The fourth-order valence-corrected chi connectivity index (χ4v) is 5.22. The monoisotopic (exact) mass is 433 g/mol. The van der Waals surface area contributed by atoms with Crippen molar-refractivity contribution in [2.45, 2.75) is 70.3 Å². The number of hydrogen-bond donors (Lipinski definition) is 1. The van der Waals surface area contributed by atoms with E-state index in [4.69, 9.17) is 27.9 Å². The second-order valence-electron chi connectivity index (χ2n) is 8.10.